The summed E-state index contributed by atoms with van der Waals surface area (Å²) in [7, 11) is 0. The van der Waals surface area contributed by atoms with Gasteiger partial charge in [-0.15, -0.1) is 0 Å². The highest BCUT2D eigenvalue weighted by Crippen LogP contribution is 2.29. The molecule has 0 fully saturated rings. The first-order chi connectivity index (χ1) is 11.6. The molecule has 0 saturated carbocycles. The number of carbonyl (C=O) groups is 1. The van der Waals surface area contributed by atoms with Crippen LogP contribution in [0.4, 0.5) is 5.69 Å². The molecule has 0 aliphatic carbocycles. The summed E-state index contributed by atoms with van der Waals surface area (Å²) in [4.78, 5) is 31.8. The van der Waals surface area contributed by atoms with Gasteiger partial charge in [-0.2, -0.15) is 11.8 Å². The van der Waals surface area contributed by atoms with Crippen LogP contribution in [-0.4, -0.2) is 21.1 Å². The Morgan fingerprint density at radius 2 is 2.33 bits per heavy atom. The van der Waals surface area contributed by atoms with Crippen molar-refractivity contribution in [2.45, 2.75) is 35.3 Å². The van der Waals surface area contributed by atoms with E-state index in [-0.39, 0.29) is 16.7 Å². The third-order valence-electron chi connectivity index (χ3n) is 3.57. The molecule has 3 rings (SSSR count). The molecule has 1 aromatic carbocycles. The van der Waals surface area contributed by atoms with Crippen LogP contribution in [0, 0.1) is 0 Å². The lowest BCUT2D eigenvalue weighted by molar-refractivity contribution is -0.115. The van der Waals surface area contributed by atoms with Crippen molar-refractivity contribution in [2.24, 2.45) is 0 Å². The van der Waals surface area contributed by atoms with E-state index in [1.165, 1.54) is 11.8 Å². The van der Waals surface area contributed by atoms with Crippen LogP contribution in [0.15, 0.2) is 34.2 Å². The zero-order valence-electron chi connectivity index (χ0n) is 13.0. The second kappa shape index (κ2) is 7.63. The van der Waals surface area contributed by atoms with Crippen molar-refractivity contribution in [3.05, 3.63) is 50.9 Å². The van der Waals surface area contributed by atoms with Gasteiger partial charge in [0.1, 0.15) is 0 Å². The highest BCUT2D eigenvalue weighted by atomic mass is 35.5. The van der Waals surface area contributed by atoms with Crippen molar-refractivity contribution in [3.63, 3.8) is 0 Å². The number of H-pyrrole nitrogens is 1. The summed E-state index contributed by atoms with van der Waals surface area (Å²) in [5, 5.41) is 3.57. The van der Waals surface area contributed by atoms with Crippen molar-refractivity contribution in [1.29, 1.82) is 0 Å². The highest BCUT2D eigenvalue weighted by Gasteiger charge is 2.22. The quantitative estimate of drug-likeness (QED) is 0.610. The lowest BCUT2D eigenvalue weighted by Crippen LogP contribution is -2.25. The van der Waals surface area contributed by atoms with Crippen molar-refractivity contribution in [1.82, 2.24) is 9.97 Å². The summed E-state index contributed by atoms with van der Waals surface area (Å²) in [5.74, 6) is 1.32. The Balaban J connectivity index is 1.74. The summed E-state index contributed by atoms with van der Waals surface area (Å²) in [6.07, 6.45) is 0.618. The molecule has 2 heterocycles. The molecule has 24 heavy (non-hydrogen) atoms. The number of hydrogen-bond donors (Lipinski definition) is 2. The van der Waals surface area contributed by atoms with Crippen LogP contribution in [0.1, 0.15) is 24.6 Å². The number of rotatable bonds is 5. The van der Waals surface area contributed by atoms with Crippen molar-refractivity contribution >= 4 is 46.7 Å². The number of aromatic nitrogens is 2. The Morgan fingerprint density at radius 1 is 1.50 bits per heavy atom. The molecule has 1 aliphatic rings. The number of benzene rings is 1. The molecule has 8 heteroatoms. The van der Waals surface area contributed by atoms with Gasteiger partial charge in [-0.25, -0.2) is 4.98 Å². The molecule has 2 aromatic rings. The largest absolute Gasteiger partial charge is 0.325 e. The molecular weight excluding hydrogens is 366 g/mol. The molecule has 1 aromatic heterocycles. The number of thioether (sulfide) groups is 2. The van der Waals surface area contributed by atoms with Crippen LogP contribution in [-0.2, 0) is 16.3 Å². The molecule has 1 atom stereocenters. The maximum absolute atomic E-state index is 12.5. The molecule has 126 valence electrons. The van der Waals surface area contributed by atoms with Gasteiger partial charge >= 0.3 is 0 Å². The van der Waals surface area contributed by atoms with Gasteiger partial charge in [0.25, 0.3) is 5.56 Å². The van der Waals surface area contributed by atoms with Crippen LogP contribution >= 0.6 is 35.1 Å². The minimum absolute atomic E-state index is 0.0994. The SMILES string of the molecule is CCC(Sc1nc2c(c(=O)[nH]1)CSC2)C(=O)Nc1cccc(Cl)c1. The zero-order valence-corrected chi connectivity index (χ0v) is 15.4. The lowest BCUT2D eigenvalue weighted by Gasteiger charge is -2.14. The average Bonchev–Trinajstić information content (AvgIpc) is 3.01. The van der Waals surface area contributed by atoms with Crippen molar-refractivity contribution < 1.29 is 4.79 Å². The number of halogens is 1. The van der Waals surface area contributed by atoms with E-state index in [0.29, 0.717) is 28.0 Å². The van der Waals surface area contributed by atoms with Gasteiger partial charge in [-0.05, 0) is 24.6 Å². The molecule has 0 radical (unpaired) electrons. The van der Waals surface area contributed by atoms with Gasteiger partial charge in [0.15, 0.2) is 5.16 Å². The molecule has 1 amide bonds. The van der Waals surface area contributed by atoms with E-state index in [1.807, 2.05) is 6.92 Å². The Bertz CT molecular complexity index is 825. The summed E-state index contributed by atoms with van der Waals surface area (Å²) in [6, 6.07) is 7.02. The standard InChI is InChI=1S/C16H16ClN3O2S2/c1-2-13(15(22)18-10-5-3-4-9(17)6-10)24-16-19-12-8-23-7-11(12)14(21)20-16/h3-6,13H,2,7-8H2,1H3,(H,18,22)(H,19,20,21). The fraction of sp³-hybridized carbons (Fsp3) is 0.312. The monoisotopic (exact) mass is 381 g/mol. The van der Waals surface area contributed by atoms with E-state index in [9.17, 15) is 9.59 Å². The lowest BCUT2D eigenvalue weighted by atomic mass is 10.3. The minimum atomic E-state index is -0.348. The van der Waals surface area contributed by atoms with Gasteiger partial charge in [-0.3, -0.25) is 9.59 Å². The number of nitrogens with zero attached hydrogens (tertiary/aromatic N) is 1. The molecule has 5 nitrogen and oxygen atoms in total. The fourth-order valence-electron chi connectivity index (χ4n) is 2.34. The maximum Gasteiger partial charge on any atom is 0.255 e. The minimum Gasteiger partial charge on any atom is -0.325 e. The predicted octanol–water partition coefficient (Wildman–Crippen LogP) is 3.68. The van der Waals surface area contributed by atoms with Gasteiger partial charge in [0.2, 0.25) is 5.91 Å². The molecule has 1 aliphatic heterocycles. The topological polar surface area (TPSA) is 74.8 Å². The Labute approximate surface area is 153 Å². The van der Waals surface area contributed by atoms with E-state index >= 15 is 0 Å². The third-order valence-corrected chi connectivity index (χ3v) is 6.03. The summed E-state index contributed by atoms with van der Waals surface area (Å²) >= 11 is 8.89. The molecule has 0 saturated heterocycles. The summed E-state index contributed by atoms with van der Waals surface area (Å²) < 4.78 is 0. The summed E-state index contributed by atoms with van der Waals surface area (Å²) in [5.41, 5.74) is 2.13. The van der Waals surface area contributed by atoms with Crippen LogP contribution in [0.25, 0.3) is 0 Å². The first-order valence-corrected chi connectivity index (χ1v) is 9.91. The van der Waals surface area contributed by atoms with Gasteiger partial charge < -0.3 is 10.3 Å². The highest BCUT2D eigenvalue weighted by molar-refractivity contribution is 8.00. The van der Waals surface area contributed by atoms with Crippen molar-refractivity contribution in [2.75, 3.05) is 5.32 Å². The van der Waals surface area contributed by atoms with Gasteiger partial charge in [0.05, 0.1) is 10.9 Å². The third kappa shape index (κ3) is 3.96. The van der Waals surface area contributed by atoms with E-state index in [1.54, 1.807) is 36.0 Å². The summed E-state index contributed by atoms with van der Waals surface area (Å²) in [6.45, 7) is 1.93. The first kappa shape index (κ1) is 17.4. The number of aromatic amines is 1. The van der Waals surface area contributed by atoms with Gasteiger partial charge in [0, 0.05) is 27.8 Å². The normalized spacial score (nSPS) is 14.2. The number of fused-ring (bicyclic) bond motifs is 1. The number of amides is 1. The average molecular weight is 382 g/mol. The number of nitrogens with one attached hydrogen (secondary N) is 2. The molecular formula is C16H16ClN3O2S2. The van der Waals surface area contributed by atoms with Crippen molar-refractivity contribution in [3.8, 4) is 0 Å². The second-order valence-electron chi connectivity index (χ2n) is 5.30. The van der Waals surface area contributed by atoms with Gasteiger partial charge in [-0.1, -0.05) is 36.4 Å². The fourth-order valence-corrected chi connectivity index (χ4v) is 4.48. The van der Waals surface area contributed by atoms with Crippen LogP contribution in [0.3, 0.4) is 0 Å². The molecule has 0 spiro atoms. The second-order valence-corrected chi connectivity index (χ2v) is 7.92. The molecule has 2 N–H and O–H groups in total. The zero-order chi connectivity index (χ0) is 17.1. The van der Waals surface area contributed by atoms with E-state index < -0.39 is 0 Å². The van der Waals surface area contributed by atoms with Crippen LogP contribution < -0.4 is 10.9 Å². The van der Waals surface area contributed by atoms with E-state index in [4.69, 9.17) is 11.6 Å². The molecule has 0 bridgehead atoms. The smallest absolute Gasteiger partial charge is 0.255 e. The van der Waals surface area contributed by atoms with Crippen LogP contribution in [0.2, 0.25) is 5.02 Å². The number of carbonyl (C=O) groups excluding carboxylic acids is 1. The Kier molecular flexibility index (Phi) is 5.53. The Hall–Kier alpha value is -1.44. The van der Waals surface area contributed by atoms with E-state index in [2.05, 4.69) is 15.3 Å². The number of anilines is 1. The predicted molar refractivity (Wildman–Crippen MR) is 99.9 cm³/mol. The van der Waals surface area contributed by atoms with E-state index in [0.717, 1.165) is 17.0 Å². The maximum atomic E-state index is 12.5. The first-order valence-electron chi connectivity index (χ1n) is 7.49. The number of hydrogen-bond acceptors (Lipinski definition) is 5. The Morgan fingerprint density at radius 3 is 3.08 bits per heavy atom. The van der Waals surface area contributed by atoms with Crippen LogP contribution in [0.5, 0.6) is 0 Å². The molecule has 1 unspecified atom stereocenters.